The van der Waals surface area contributed by atoms with Gasteiger partial charge < -0.3 is 10.1 Å². The first-order chi connectivity index (χ1) is 13.6. The van der Waals surface area contributed by atoms with Crippen LogP contribution in [-0.4, -0.2) is 18.5 Å². The Balaban J connectivity index is 1.92. The summed E-state index contributed by atoms with van der Waals surface area (Å²) in [4.78, 5) is 24.0. The third kappa shape index (κ3) is 6.62. The molecule has 1 N–H and O–H groups in total. The third-order valence-electron chi connectivity index (χ3n) is 4.29. The lowest BCUT2D eigenvalue weighted by Gasteiger charge is -2.16. The van der Waals surface area contributed by atoms with E-state index in [2.05, 4.69) is 19.2 Å². The highest BCUT2D eigenvalue weighted by Crippen LogP contribution is 2.32. The van der Waals surface area contributed by atoms with E-state index in [1.807, 2.05) is 24.3 Å². The maximum atomic E-state index is 13.0. The summed E-state index contributed by atoms with van der Waals surface area (Å²) in [6.07, 6.45) is -3.73. The number of carbonyl (C=O) groups is 2. The quantitative estimate of drug-likeness (QED) is 0.662. The molecule has 29 heavy (non-hydrogen) atoms. The van der Waals surface area contributed by atoms with Crippen LogP contribution in [0.25, 0.3) is 0 Å². The van der Waals surface area contributed by atoms with Crippen LogP contribution in [0.15, 0.2) is 48.5 Å². The van der Waals surface area contributed by atoms with Crippen molar-refractivity contribution in [2.45, 2.75) is 39.4 Å². The van der Waals surface area contributed by atoms with E-state index < -0.39 is 35.8 Å². The highest BCUT2D eigenvalue weighted by atomic mass is 19.4. The van der Waals surface area contributed by atoms with Crippen molar-refractivity contribution in [3.8, 4) is 0 Å². The van der Waals surface area contributed by atoms with Crippen molar-refractivity contribution < 1.29 is 27.5 Å². The monoisotopic (exact) mass is 407 g/mol. The van der Waals surface area contributed by atoms with Crippen molar-refractivity contribution in [3.63, 3.8) is 0 Å². The largest absolute Gasteiger partial charge is 0.452 e. The molecule has 0 saturated heterocycles. The van der Waals surface area contributed by atoms with Crippen molar-refractivity contribution in [2.24, 2.45) is 5.92 Å². The SMILES string of the molecule is CC(C)Cc1ccc([C@H](C)NC(=O)COC(=O)c2ccccc2C(F)(F)F)cc1. The van der Waals surface area contributed by atoms with E-state index >= 15 is 0 Å². The van der Waals surface area contributed by atoms with Crippen molar-refractivity contribution in [1.29, 1.82) is 0 Å². The summed E-state index contributed by atoms with van der Waals surface area (Å²) in [5.74, 6) is -1.25. The van der Waals surface area contributed by atoms with Gasteiger partial charge in [-0.3, -0.25) is 4.79 Å². The Kier molecular flexibility index (Phi) is 7.42. The number of hydrogen-bond donors (Lipinski definition) is 1. The summed E-state index contributed by atoms with van der Waals surface area (Å²) >= 11 is 0. The van der Waals surface area contributed by atoms with E-state index in [0.717, 1.165) is 24.1 Å². The lowest BCUT2D eigenvalue weighted by atomic mass is 10.00. The second-order valence-corrected chi connectivity index (χ2v) is 7.25. The van der Waals surface area contributed by atoms with Crippen LogP contribution in [0.4, 0.5) is 13.2 Å². The Morgan fingerprint density at radius 3 is 2.21 bits per heavy atom. The molecule has 0 heterocycles. The molecule has 2 aromatic rings. The standard InChI is InChI=1S/C22H24F3NO3/c1-14(2)12-16-8-10-17(11-9-16)15(3)26-20(27)13-29-21(28)18-6-4-5-7-19(18)22(23,24)25/h4-11,14-15H,12-13H2,1-3H3,(H,26,27)/t15-/m0/s1. The van der Waals surface area contributed by atoms with E-state index in [4.69, 9.17) is 4.74 Å². The van der Waals surface area contributed by atoms with Crippen LogP contribution < -0.4 is 5.32 Å². The normalized spacial score (nSPS) is 12.5. The van der Waals surface area contributed by atoms with Gasteiger partial charge in [-0.2, -0.15) is 13.2 Å². The second kappa shape index (κ2) is 9.58. The van der Waals surface area contributed by atoms with Crippen LogP contribution in [0.1, 0.15) is 53.9 Å². The number of halogens is 3. The number of nitrogens with one attached hydrogen (secondary N) is 1. The van der Waals surface area contributed by atoms with Crippen molar-refractivity contribution >= 4 is 11.9 Å². The van der Waals surface area contributed by atoms with Gasteiger partial charge in [0.2, 0.25) is 0 Å². The Morgan fingerprint density at radius 2 is 1.62 bits per heavy atom. The minimum absolute atomic E-state index is 0.336. The topological polar surface area (TPSA) is 55.4 Å². The van der Waals surface area contributed by atoms with Gasteiger partial charge in [-0.15, -0.1) is 0 Å². The van der Waals surface area contributed by atoms with Gasteiger partial charge in [-0.1, -0.05) is 50.2 Å². The molecule has 0 aliphatic carbocycles. The Bertz CT molecular complexity index is 845. The molecular formula is C22H24F3NO3. The predicted molar refractivity (Wildman–Crippen MR) is 103 cm³/mol. The molecule has 0 saturated carbocycles. The number of hydrogen-bond acceptors (Lipinski definition) is 3. The van der Waals surface area contributed by atoms with Gasteiger partial charge in [0, 0.05) is 0 Å². The van der Waals surface area contributed by atoms with Crippen LogP contribution in [0.2, 0.25) is 0 Å². The molecule has 0 bridgehead atoms. The summed E-state index contributed by atoms with van der Waals surface area (Å²) < 4.78 is 43.7. The fraction of sp³-hybridized carbons (Fsp3) is 0.364. The molecule has 0 aliphatic rings. The highest BCUT2D eigenvalue weighted by Gasteiger charge is 2.35. The van der Waals surface area contributed by atoms with Crippen molar-refractivity contribution in [2.75, 3.05) is 6.61 Å². The zero-order valence-corrected chi connectivity index (χ0v) is 16.5. The van der Waals surface area contributed by atoms with Crippen LogP contribution in [0.5, 0.6) is 0 Å². The lowest BCUT2D eigenvalue weighted by molar-refractivity contribution is -0.138. The third-order valence-corrected chi connectivity index (χ3v) is 4.29. The average molecular weight is 407 g/mol. The first kappa shape index (κ1) is 22.5. The van der Waals surface area contributed by atoms with Gasteiger partial charge in [0.25, 0.3) is 5.91 Å². The zero-order chi connectivity index (χ0) is 21.6. The van der Waals surface area contributed by atoms with Gasteiger partial charge in [-0.05, 0) is 42.5 Å². The number of alkyl halides is 3. The van der Waals surface area contributed by atoms with Crippen molar-refractivity contribution in [3.05, 3.63) is 70.8 Å². The molecule has 4 nitrogen and oxygen atoms in total. The predicted octanol–water partition coefficient (Wildman–Crippen LogP) is 4.94. The second-order valence-electron chi connectivity index (χ2n) is 7.25. The van der Waals surface area contributed by atoms with Gasteiger partial charge in [-0.25, -0.2) is 4.79 Å². The molecule has 0 unspecified atom stereocenters. The molecule has 0 radical (unpaired) electrons. The molecule has 1 amide bonds. The first-order valence-electron chi connectivity index (χ1n) is 9.29. The van der Waals surface area contributed by atoms with Crippen LogP contribution in [-0.2, 0) is 22.1 Å². The van der Waals surface area contributed by atoms with Crippen LogP contribution in [0.3, 0.4) is 0 Å². The molecule has 0 aliphatic heterocycles. The number of rotatable bonds is 7. The van der Waals surface area contributed by atoms with E-state index in [-0.39, 0.29) is 6.04 Å². The minimum atomic E-state index is -4.69. The molecule has 2 rings (SSSR count). The summed E-state index contributed by atoms with van der Waals surface area (Å²) in [6, 6.07) is 11.8. The van der Waals surface area contributed by atoms with E-state index in [1.54, 1.807) is 6.92 Å². The fourth-order valence-corrected chi connectivity index (χ4v) is 2.90. The molecule has 7 heteroatoms. The van der Waals surface area contributed by atoms with E-state index in [1.165, 1.54) is 17.7 Å². The Morgan fingerprint density at radius 1 is 1.00 bits per heavy atom. The molecule has 2 aromatic carbocycles. The van der Waals surface area contributed by atoms with E-state index in [0.29, 0.717) is 5.92 Å². The molecule has 156 valence electrons. The average Bonchev–Trinajstić information content (AvgIpc) is 2.65. The van der Waals surface area contributed by atoms with E-state index in [9.17, 15) is 22.8 Å². The van der Waals surface area contributed by atoms with Gasteiger partial charge >= 0.3 is 12.1 Å². The molecule has 0 aromatic heterocycles. The number of ether oxygens (including phenoxy) is 1. The summed E-state index contributed by atoms with van der Waals surface area (Å²) in [6.45, 7) is 5.37. The Hall–Kier alpha value is -2.83. The summed E-state index contributed by atoms with van der Waals surface area (Å²) in [7, 11) is 0. The number of amides is 1. The number of benzene rings is 2. The minimum Gasteiger partial charge on any atom is -0.452 e. The van der Waals surface area contributed by atoms with Crippen LogP contribution >= 0.6 is 0 Å². The molecule has 0 fully saturated rings. The first-order valence-corrected chi connectivity index (χ1v) is 9.29. The van der Waals surface area contributed by atoms with Gasteiger partial charge in [0.1, 0.15) is 0 Å². The molecular weight excluding hydrogens is 383 g/mol. The summed E-state index contributed by atoms with van der Waals surface area (Å²) in [5, 5.41) is 2.67. The molecule has 0 spiro atoms. The van der Waals surface area contributed by atoms with Crippen LogP contribution in [0, 0.1) is 5.92 Å². The number of carbonyl (C=O) groups excluding carboxylic acids is 2. The highest BCUT2D eigenvalue weighted by molar-refractivity contribution is 5.93. The van der Waals surface area contributed by atoms with Gasteiger partial charge in [0.15, 0.2) is 6.61 Å². The summed E-state index contributed by atoms with van der Waals surface area (Å²) in [5.41, 5.74) is 0.348. The zero-order valence-electron chi connectivity index (χ0n) is 16.5. The maximum absolute atomic E-state index is 13.0. The van der Waals surface area contributed by atoms with Crippen molar-refractivity contribution in [1.82, 2.24) is 5.32 Å². The lowest BCUT2D eigenvalue weighted by Crippen LogP contribution is -2.31. The number of esters is 1. The van der Waals surface area contributed by atoms with Gasteiger partial charge in [0.05, 0.1) is 17.2 Å². The maximum Gasteiger partial charge on any atom is 0.417 e. The fourth-order valence-electron chi connectivity index (χ4n) is 2.90. The Labute approximate surface area is 168 Å². The molecule has 1 atom stereocenters. The smallest absolute Gasteiger partial charge is 0.417 e.